The lowest BCUT2D eigenvalue weighted by Crippen LogP contribution is -2.07. The van der Waals surface area contributed by atoms with Crippen molar-refractivity contribution < 1.29 is 9.53 Å². The lowest BCUT2D eigenvalue weighted by atomic mass is 10.1. The van der Waals surface area contributed by atoms with E-state index in [0.29, 0.717) is 33.7 Å². The summed E-state index contributed by atoms with van der Waals surface area (Å²) < 4.78 is 7.38. The van der Waals surface area contributed by atoms with Crippen molar-refractivity contribution in [3.8, 4) is 5.88 Å². The van der Waals surface area contributed by atoms with E-state index in [1.807, 2.05) is 31.2 Å². The van der Waals surface area contributed by atoms with Crippen LogP contribution in [0.3, 0.4) is 0 Å². The van der Waals surface area contributed by atoms with Crippen LogP contribution in [0, 0.1) is 6.92 Å². The van der Waals surface area contributed by atoms with Gasteiger partial charge in [-0.3, -0.25) is 4.79 Å². The van der Waals surface area contributed by atoms with Crippen molar-refractivity contribution in [2.75, 3.05) is 0 Å². The Balaban J connectivity index is 1.85. The zero-order valence-electron chi connectivity index (χ0n) is 13.8. The Kier molecular flexibility index (Phi) is 5.11. The van der Waals surface area contributed by atoms with E-state index in [1.165, 1.54) is 16.4 Å². The number of rotatable bonds is 5. The van der Waals surface area contributed by atoms with Gasteiger partial charge in [0.05, 0.1) is 11.2 Å². The minimum absolute atomic E-state index is 0.256. The van der Waals surface area contributed by atoms with Crippen molar-refractivity contribution in [1.82, 2.24) is 9.78 Å². The average Bonchev–Trinajstić information content (AvgIpc) is 2.94. The Morgan fingerprint density at radius 3 is 2.52 bits per heavy atom. The molecule has 0 aliphatic carbocycles. The maximum atomic E-state index is 12.8. The number of hydrogen-bond donors (Lipinski definition) is 0. The maximum Gasteiger partial charge on any atom is 0.223 e. The molecule has 0 saturated heterocycles. The number of hydrogen-bond acceptors (Lipinski definition) is 3. The lowest BCUT2D eigenvalue weighted by Gasteiger charge is -2.10. The molecular weight excluding hydrogens is 359 g/mol. The van der Waals surface area contributed by atoms with Crippen LogP contribution in [0.15, 0.2) is 48.7 Å². The Morgan fingerprint density at radius 2 is 1.84 bits per heavy atom. The van der Waals surface area contributed by atoms with Gasteiger partial charge < -0.3 is 4.74 Å². The molecule has 1 aromatic heterocycles. The van der Waals surface area contributed by atoms with E-state index >= 15 is 0 Å². The molecule has 1 heterocycles. The molecule has 4 nitrogen and oxygen atoms in total. The standard InChI is InChI=1S/C19H16Cl2N2O2/c1-12-3-5-13(6-4-12)11-25-19-16(10-22-23(19)2)18(24)15-8-7-14(20)9-17(15)21/h3-10H,11H2,1-2H3. The molecule has 0 unspecified atom stereocenters. The minimum atomic E-state index is -0.256. The summed E-state index contributed by atoms with van der Waals surface area (Å²) in [7, 11) is 1.73. The van der Waals surface area contributed by atoms with Crippen molar-refractivity contribution in [2.24, 2.45) is 7.05 Å². The van der Waals surface area contributed by atoms with Gasteiger partial charge in [-0.25, -0.2) is 4.68 Å². The van der Waals surface area contributed by atoms with Crippen molar-refractivity contribution in [3.63, 3.8) is 0 Å². The fourth-order valence-corrected chi connectivity index (χ4v) is 2.90. The van der Waals surface area contributed by atoms with Gasteiger partial charge in [0, 0.05) is 17.6 Å². The van der Waals surface area contributed by atoms with E-state index in [4.69, 9.17) is 27.9 Å². The first-order chi connectivity index (χ1) is 12.0. The molecule has 0 spiro atoms. The Morgan fingerprint density at radius 1 is 1.12 bits per heavy atom. The molecule has 2 aromatic carbocycles. The zero-order valence-corrected chi connectivity index (χ0v) is 15.3. The average molecular weight is 375 g/mol. The van der Waals surface area contributed by atoms with Crippen molar-refractivity contribution in [2.45, 2.75) is 13.5 Å². The predicted molar refractivity (Wildman–Crippen MR) is 98.6 cm³/mol. The van der Waals surface area contributed by atoms with Crippen LogP contribution in [-0.2, 0) is 13.7 Å². The Bertz CT molecular complexity index is 918. The lowest BCUT2D eigenvalue weighted by molar-refractivity contribution is 0.103. The van der Waals surface area contributed by atoms with E-state index in [-0.39, 0.29) is 5.78 Å². The zero-order chi connectivity index (χ0) is 18.0. The van der Waals surface area contributed by atoms with Gasteiger partial charge in [0.2, 0.25) is 11.7 Å². The normalized spacial score (nSPS) is 10.7. The van der Waals surface area contributed by atoms with Gasteiger partial charge in [-0.05, 0) is 30.7 Å². The Labute approximate surface area is 155 Å². The van der Waals surface area contributed by atoms with Crippen molar-refractivity contribution in [1.29, 1.82) is 0 Å². The third-order valence-electron chi connectivity index (χ3n) is 3.80. The smallest absolute Gasteiger partial charge is 0.223 e. The predicted octanol–water partition coefficient (Wildman–Crippen LogP) is 4.85. The summed E-state index contributed by atoms with van der Waals surface area (Å²) in [5.41, 5.74) is 2.91. The third kappa shape index (κ3) is 3.86. The molecule has 0 atom stereocenters. The topological polar surface area (TPSA) is 44.1 Å². The summed E-state index contributed by atoms with van der Waals surface area (Å²) in [5.74, 6) is 0.144. The molecule has 0 bridgehead atoms. The highest BCUT2D eigenvalue weighted by Gasteiger charge is 2.21. The monoisotopic (exact) mass is 374 g/mol. The molecule has 3 rings (SSSR count). The number of aromatic nitrogens is 2. The minimum Gasteiger partial charge on any atom is -0.472 e. The quantitative estimate of drug-likeness (QED) is 0.599. The van der Waals surface area contributed by atoms with E-state index in [2.05, 4.69) is 5.10 Å². The molecule has 0 N–H and O–H groups in total. The molecule has 0 aliphatic rings. The van der Waals surface area contributed by atoms with E-state index in [9.17, 15) is 4.79 Å². The van der Waals surface area contributed by atoms with Crippen LogP contribution in [0.4, 0.5) is 0 Å². The van der Waals surface area contributed by atoms with Crippen LogP contribution < -0.4 is 4.74 Å². The first kappa shape index (κ1) is 17.5. The van der Waals surface area contributed by atoms with E-state index in [0.717, 1.165) is 5.56 Å². The molecule has 0 aliphatic heterocycles. The third-order valence-corrected chi connectivity index (χ3v) is 4.35. The van der Waals surface area contributed by atoms with Gasteiger partial charge in [0.15, 0.2) is 0 Å². The number of ether oxygens (including phenoxy) is 1. The number of ketones is 1. The SMILES string of the molecule is Cc1ccc(COc2c(C(=O)c3ccc(Cl)cc3Cl)cnn2C)cc1. The fraction of sp³-hybridized carbons (Fsp3) is 0.158. The fourth-order valence-electron chi connectivity index (χ4n) is 2.41. The van der Waals surface area contributed by atoms with Gasteiger partial charge in [-0.2, -0.15) is 5.10 Å². The number of nitrogens with zero attached hydrogens (tertiary/aromatic N) is 2. The van der Waals surface area contributed by atoms with Gasteiger partial charge in [0.25, 0.3) is 0 Å². The van der Waals surface area contributed by atoms with E-state index in [1.54, 1.807) is 25.2 Å². The largest absolute Gasteiger partial charge is 0.472 e. The van der Waals surface area contributed by atoms with Crippen LogP contribution >= 0.6 is 23.2 Å². The van der Waals surface area contributed by atoms with Gasteiger partial charge >= 0.3 is 0 Å². The summed E-state index contributed by atoms with van der Waals surface area (Å²) >= 11 is 12.0. The molecule has 0 saturated carbocycles. The molecule has 128 valence electrons. The van der Waals surface area contributed by atoms with Crippen LogP contribution in [0.1, 0.15) is 27.0 Å². The molecule has 0 radical (unpaired) electrons. The summed E-state index contributed by atoms with van der Waals surface area (Å²) in [4.78, 5) is 12.8. The molecule has 25 heavy (non-hydrogen) atoms. The highest BCUT2D eigenvalue weighted by molar-refractivity contribution is 6.37. The van der Waals surface area contributed by atoms with Gasteiger partial charge in [-0.1, -0.05) is 53.0 Å². The van der Waals surface area contributed by atoms with Crippen LogP contribution in [0.25, 0.3) is 0 Å². The first-order valence-electron chi connectivity index (χ1n) is 7.66. The van der Waals surface area contributed by atoms with E-state index < -0.39 is 0 Å². The number of halogens is 2. The summed E-state index contributed by atoms with van der Waals surface area (Å²) in [6.07, 6.45) is 1.48. The highest BCUT2D eigenvalue weighted by Crippen LogP contribution is 2.27. The van der Waals surface area contributed by atoms with Crippen LogP contribution in [0.5, 0.6) is 5.88 Å². The van der Waals surface area contributed by atoms with Gasteiger partial charge in [0.1, 0.15) is 12.2 Å². The van der Waals surface area contributed by atoms with Crippen LogP contribution in [0.2, 0.25) is 10.0 Å². The molecule has 6 heteroatoms. The second kappa shape index (κ2) is 7.30. The maximum absolute atomic E-state index is 12.8. The second-order valence-electron chi connectivity index (χ2n) is 5.71. The molecule has 0 amide bonds. The van der Waals surface area contributed by atoms with Gasteiger partial charge in [-0.15, -0.1) is 0 Å². The number of carbonyl (C=O) groups is 1. The number of benzene rings is 2. The first-order valence-corrected chi connectivity index (χ1v) is 8.41. The molecule has 3 aromatic rings. The number of aryl methyl sites for hydroxylation is 2. The van der Waals surface area contributed by atoms with Crippen LogP contribution in [-0.4, -0.2) is 15.6 Å². The highest BCUT2D eigenvalue weighted by atomic mass is 35.5. The summed E-state index contributed by atoms with van der Waals surface area (Å²) in [6, 6.07) is 12.8. The summed E-state index contributed by atoms with van der Waals surface area (Å²) in [5, 5.41) is 4.91. The van der Waals surface area contributed by atoms with Crippen molar-refractivity contribution in [3.05, 3.63) is 81.0 Å². The number of carbonyl (C=O) groups excluding carboxylic acids is 1. The second-order valence-corrected chi connectivity index (χ2v) is 6.56. The summed E-state index contributed by atoms with van der Waals surface area (Å²) in [6.45, 7) is 2.37. The molecular formula is C19H16Cl2N2O2. The Hall–Kier alpha value is -2.30. The van der Waals surface area contributed by atoms with Crippen molar-refractivity contribution >= 4 is 29.0 Å². The molecule has 0 fully saturated rings.